The van der Waals surface area contributed by atoms with Gasteiger partial charge in [-0.1, -0.05) is 25.0 Å². The largest absolute Gasteiger partial charge is 0.384 e. The van der Waals surface area contributed by atoms with Gasteiger partial charge in [-0.15, -0.1) is 5.92 Å². The molecule has 2 aromatic rings. The Balaban J connectivity index is 2.04. The van der Waals surface area contributed by atoms with Gasteiger partial charge in [0.15, 0.2) is 5.65 Å². The standard InChI is InChI=1S/C15H16BN5/c1-2-4-12-9-19-21-14(18)7-13(20-15(12)21)11-5-3-6-16(8-11)10-17/h7,9,11H,3,5-6,8,18H2,1H3. The third-order valence-electron chi connectivity index (χ3n) is 4.05. The van der Waals surface area contributed by atoms with Gasteiger partial charge in [0, 0.05) is 17.7 Å². The van der Waals surface area contributed by atoms with Crippen LogP contribution in [-0.2, 0) is 0 Å². The van der Waals surface area contributed by atoms with E-state index in [4.69, 9.17) is 16.0 Å². The van der Waals surface area contributed by atoms with Crippen LogP contribution in [0, 0.1) is 23.1 Å². The first-order valence-electron chi connectivity index (χ1n) is 7.19. The van der Waals surface area contributed by atoms with Crippen molar-refractivity contribution in [2.75, 3.05) is 5.73 Å². The van der Waals surface area contributed by atoms with Crippen molar-refractivity contribution in [2.45, 2.75) is 38.3 Å². The average molecular weight is 277 g/mol. The summed E-state index contributed by atoms with van der Waals surface area (Å²) < 4.78 is 1.62. The van der Waals surface area contributed by atoms with Crippen molar-refractivity contribution in [3.8, 4) is 17.8 Å². The zero-order valence-corrected chi connectivity index (χ0v) is 12.0. The van der Waals surface area contributed by atoms with E-state index >= 15 is 0 Å². The first-order valence-corrected chi connectivity index (χ1v) is 7.19. The van der Waals surface area contributed by atoms with E-state index in [0.29, 0.717) is 17.4 Å². The Bertz CT molecular complexity index is 777. The topological polar surface area (TPSA) is 80.0 Å². The lowest BCUT2D eigenvalue weighted by Crippen LogP contribution is -2.21. The molecule has 0 aromatic carbocycles. The molecule has 0 saturated carbocycles. The van der Waals surface area contributed by atoms with E-state index in [1.807, 2.05) is 6.07 Å². The van der Waals surface area contributed by atoms with Gasteiger partial charge in [0.25, 0.3) is 6.71 Å². The van der Waals surface area contributed by atoms with Gasteiger partial charge in [-0.3, -0.25) is 0 Å². The van der Waals surface area contributed by atoms with Gasteiger partial charge < -0.3 is 5.73 Å². The normalized spacial score (nSPS) is 18.1. The molecule has 3 rings (SSSR count). The van der Waals surface area contributed by atoms with Gasteiger partial charge >= 0.3 is 0 Å². The molecule has 0 bridgehead atoms. The first kappa shape index (κ1) is 13.5. The lowest BCUT2D eigenvalue weighted by Gasteiger charge is -2.23. The highest BCUT2D eigenvalue weighted by molar-refractivity contribution is 6.67. The molecule has 1 atom stereocenters. The third kappa shape index (κ3) is 2.45. The molecule has 104 valence electrons. The molecule has 2 N–H and O–H groups in total. The molecule has 1 fully saturated rings. The Kier molecular flexibility index (Phi) is 3.54. The molecule has 6 heteroatoms. The predicted octanol–water partition coefficient (Wildman–Crippen LogP) is 2.12. The van der Waals surface area contributed by atoms with Crippen molar-refractivity contribution in [1.29, 1.82) is 5.26 Å². The Morgan fingerprint density at radius 3 is 3.14 bits per heavy atom. The van der Waals surface area contributed by atoms with Crippen LogP contribution in [0.3, 0.4) is 0 Å². The fourth-order valence-corrected chi connectivity index (χ4v) is 3.01. The second-order valence-electron chi connectivity index (χ2n) is 5.46. The van der Waals surface area contributed by atoms with Crippen LogP contribution in [-0.4, -0.2) is 21.3 Å². The summed E-state index contributed by atoms with van der Waals surface area (Å²) in [4.78, 5) is 4.72. The summed E-state index contributed by atoms with van der Waals surface area (Å²) >= 11 is 0. The summed E-state index contributed by atoms with van der Waals surface area (Å²) in [7, 11) is 0. The predicted molar refractivity (Wildman–Crippen MR) is 82.9 cm³/mol. The number of nitrogens with two attached hydrogens (primary N) is 1. The van der Waals surface area contributed by atoms with Gasteiger partial charge in [-0.25, -0.2) is 10.2 Å². The molecule has 1 unspecified atom stereocenters. The molecule has 0 aliphatic carbocycles. The smallest absolute Gasteiger partial charge is 0.268 e. The van der Waals surface area contributed by atoms with E-state index in [2.05, 4.69) is 22.9 Å². The van der Waals surface area contributed by atoms with E-state index < -0.39 is 0 Å². The van der Waals surface area contributed by atoms with Gasteiger partial charge in [0.2, 0.25) is 0 Å². The van der Waals surface area contributed by atoms with E-state index in [1.54, 1.807) is 17.6 Å². The Morgan fingerprint density at radius 2 is 2.38 bits per heavy atom. The summed E-state index contributed by atoms with van der Waals surface area (Å²) in [5.74, 6) is 9.12. The SMILES string of the molecule is CC#Cc1cnn2c(N)cc(C3CCCB(C#N)C3)nc12. The summed E-state index contributed by atoms with van der Waals surface area (Å²) in [5, 5.41) is 13.4. The molecule has 0 radical (unpaired) electrons. The summed E-state index contributed by atoms with van der Waals surface area (Å²) in [5.41, 5.74) is 8.54. The summed E-state index contributed by atoms with van der Waals surface area (Å²) in [6, 6.07) is 1.88. The number of anilines is 1. The number of hydrogen-bond donors (Lipinski definition) is 1. The fourth-order valence-electron chi connectivity index (χ4n) is 3.01. The lowest BCUT2D eigenvalue weighted by molar-refractivity contribution is 0.614. The van der Waals surface area contributed by atoms with Crippen molar-refractivity contribution in [3.63, 3.8) is 0 Å². The van der Waals surface area contributed by atoms with Crippen molar-refractivity contribution in [1.82, 2.24) is 14.6 Å². The van der Waals surface area contributed by atoms with Crippen molar-refractivity contribution >= 4 is 18.2 Å². The molecule has 1 aliphatic heterocycles. The van der Waals surface area contributed by atoms with Crippen LogP contribution in [0.1, 0.15) is 36.9 Å². The summed E-state index contributed by atoms with van der Waals surface area (Å²) in [6.07, 6.45) is 5.67. The van der Waals surface area contributed by atoms with Crippen molar-refractivity contribution in [2.24, 2.45) is 0 Å². The minimum atomic E-state index is 0.128. The zero-order chi connectivity index (χ0) is 14.8. The van der Waals surface area contributed by atoms with Gasteiger partial charge in [-0.2, -0.15) is 9.61 Å². The Morgan fingerprint density at radius 1 is 1.52 bits per heavy atom. The summed E-state index contributed by atoms with van der Waals surface area (Å²) in [6.45, 7) is 1.91. The molecule has 0 spiro atoms. The van der Waals surface area contributed by atoms with Crippen LogP contribution in [0.4, 0.5) is 5.82 Å². The number of fused-ring (bicyclic) bond motifs is 1. The molecule has 3 heterocycles. The lowest BCUT2D eigenvalue weighted by atomic mass is 9.41. The Labute approximate surface area is 124 Å². The molecular formula is C15H16BN5. The molecule has 1 saturated heterocycles. The minimum absolute atomic E-state index is 0.128. The maximum atomic E-state index is 9.14. The maximum absolute atomic E-state index is 9.14. The van der Waals surface area contributed by atoms with Crippen LogP contribution in [0.5, 0.6) is 0 Å². The number of aromatic nitrogens is 3. The molecule has 1 aliphatic rings. The maximum Gasteiger partial charge on any atom is 0.268 e. The Hall–Kier alpha value is -2.47. The average Bonchev–Trinajstić information content (AvgIpc) is 2.91. The van der Waals surface area contributed by atoms with Crippen LogP contribution in [0.15, 0.2) is 12.3 Å². The molecule has 2 aromatic heterocycles. The van der Waals surface area contributed by atoms with Crippen molar-refractivity contribution < 1.29 is 0 Å². The molecule has 0 amide bonds. The second kappa shape index (κ2) is 5.50. The molecular weight excluding hydrogens is 261 g/mol. The highest BCUT2D eigenvalue weighted by atomic mass is 15.3. The van der Waals surface area contributed by atoms with E-state index in [0.717, 1.165) is 36.7 Å². The fraction of sp³-hybridized carbons (Fsp3) is 0.400. The van der Waals surface area contributed by atoms with Gasteiger partial charge in [-0.05, 0) is 19.3 Å². The quantitative estimate of drug-likeness (QED) is 0.639. The van der Waals surface area contributed by atoms with E-state index in [9.17, 15) is 0 Å². The highest BCUT2D eigenvalue weighted by Crippen LogP contribution is 2.33. The monoisotopic (exact) mass is 277 g/mol. The zero-order valence-electron chi connectivity index (χ0n) is 12.0. The number of nitriles is 1. The molecule has 5 nitrogen and oxygen atoms in total. The van der Waals surface area contributed by atoms with Gasteiger partial charge in [0.05, 0.1) is 11.8 Å². The number of nitrogens with zero attached hydrogens (tertiary/aromatic N) is 4. The third-order valence-corrected chi connectivity index (χ3v) is 4.05. The van der Waals surface area contributed by atoms with E-state index in [1.165, 1.54) is 0 Å². The number of rotatable bonds is 1. The first-order chi connectivity index (χ1) is 10.2. The van der Waals surface area contributed by atoms with Crippen LogP contribution >= 0.6 is 0 Å². The number of hydrogen-bond acceptors (Lipinski definition) is 4. The second-order valence-corrected chi connectivity index (χ2v) is 5.46. The van der Waals surface area contributed by atoms with Crippen LogP contribution in [0.25, 0.3) is 5.65 Å². The van der Waals surface area contributed by atoms with Gasteiger partial charge in [0.1, 0.15) is 5.82 Å². The minimum Gasteiger partial charge on any atom is -0.384 e. The van der Waals surface area contributed by atoms with E-state index in [-0.39, 0.29) is 6.71 Å². The van der Waals surface area contributed by atoms with Crippen LogP contribution in [0.2, 0.25) is 12.6 Å². The molecule has 21 heavy (non-hydrogen) atoms. The van der Waals surface area contributed by atoms with Crippen molar-refractivity contribution in [3.05, 3.63) is 23.5 Å². The highest BCUT2D eigenvalue weighted by Gasteiger charge is 2.27. The number of nitrogen functional groups attached to an aromatic ring is 1. The van der Waals surface area contributed by atoms with Crippen LogP contribution < -0.4 is 5.73 Å².